The summed E-state index contributed by atoms with van der Waals surface area (Å²) >= 11 is 0. The third-order valence-electron chi connectivity index (χ3n) is 12.5. The first kappa shape index (κ1) is 27.0. The second-order valence-electron chi connectivity index (χ2n) is 14.7. The van der Waals surface area contributed by atoms with E-state index >= 15 is 0 Å². The van der Waals surface area contributed by atoms with E-state index in [1.807, 2.05) is 12.1 Å². The molecule has 4 fully saturated rings. The molecular formula is C35H51NO. The van der Waals surface area contributed by atoms with Crippen molar-refractivity contribution in [3.63, 3.8) is 0 Å². The standard InChI is InChI=1S/C35H51NO/c1-23(2)7-6-8-24(3)29-15-16-30-27-13-14-31-28(21-25-9-11-26(22-36)12-10-25)33(37)18-20-35(31,5)32(27)17-19-34(29,30)4/h9-12,23-24,27-32H,6-8,13-21H2,1-5H3/t24-,27+,28+,29-,30+,31?,32+,34-,35+/m1/s1. The summed E-state index contributed by atoms with van der Waals surface area (Å²) in [7, 11) is 0. The number of fused-ring (bicyclic) bond motifs is 5. The molecule has 9 atom stereocenters. The number of carbonyl (C=O) groups excluding carboxylic acids is 1. The molecule has 0 radical (unpaired) electrons. The maximum Gasteiger partial charge on any atom is 0.136 e. The first-order chi connectivity index (χ1) is 17.7. The van der Waals surface area contributed by atoms with Gasteiger partial charge < -0.3 is 0 Å². The highest BCUT2D eigenvalue weighted by Crippen LogP contribution is 2.68. The summed E-state index contributed by atoms with van der Waals surface area (Å²) in [5.74, 6) is 6.37. The van der Waals surface area contributed by atoms with Crippen LogP contribution in [0.15, 0.2) is 24.3 Å². The van der Waals surface area contributed by atoms with Crippen LogP contribution in [0.3, 0.4) is 0 Å². The minimum Gasteiger partial charge on any atom is -0.299 e. The average molecular weight is 502 g/mol. The van der Waals surface area contributed by atoms with Crippen LogP contribution >= 0.6 is 0 Å². The molecule has 4 aliphatic carbocycles. The first-order valence-corrected chi connectivity index (χ1v) is 15.7. The number of hydrogen-bond donors (Lipinski definition) is 0. The third-order valence-corrected chi connectivity index (χ3v) is 12.5. The van der Waals surface area contributed by atoms with E-state index in [1.54, 1.807) is 0 Å². The Morgan fingerprint density at radius 2 is 1.59 bits per heavy atom. The molecule has 0 spiro atoms. The summed E-state index contributed by atoms with van der Waals surface area (Å²) in [6.45, 7) is 12.6. The number of nitriles is 1. The molecule has 37 heavy (non-hydrogen) atoms. The maximum atomic E-state index is 13.3. The van der Waals surface area contributed by atoms with Crippen LogP contribution in [0, 0.1) is 69.5 Å². The van der Waals surface area contributed by atoms with Gasteiger partial charge in [0.15, 0.2) is 0 Å². The van der Waals surface area contributed by atoms with Crippen LogP contribution in [-0.4, -0.2) is 5.78 Å². The Bertz CT molecular complexity index is 1000. The van der Waals surface area contributed by atoms with Gasteiger partial charge in [-0.3, -0.25) is 4.79 Å². The zero-order valence-electron chi connectivity index (χ0n) is 24.3. The first-order valence-electron chi connectivity index (χ1n) is 15.7. The minimum absolute atomic E-state index is 0.165. The van der Waals surface area contributed by atoms with Gasteiger partial charge in [-0.1, -0.05) is 66.0 Å². The lowest BCUT2D eigenvalue weighted by molar-refractivity contribution is -0.152. The van der Waals surface area contributed by atoms with Gasteiger partial charge >= 0.3 is 0 Å². The highest BCUT2D eigenvalue weighted by molar-refractivity contribution is 5.82. The summed E-state index contributed by atoms with van der Waals surface area (Å²) in [6.07, 6.45) is 15.2. The van der Waals surface area contributed by atoms with Crippen molar-refractivity contribution in [2.75, 3.05) is 0 Å². The molecule has 1 aromatic rings. The molecule has 1 aromatic carbocycles. The van der Waals surface area contributed by atoms with Gasteiger partial charge in [0, 0.05) is 12.3 Å². The number of Topliss-reactive ketones (excluding diaryl/α,β-unsaturated/α-hetero) is 1. The molecule has 1 unspecified atom stereocenters. The number of rotatable bonds is 7. The fourth-order valence-corrected chi connectivity index (χ4v) is 10.6. The van der Waals surface area contributed by atoms with Crippen molar-refractivity contribution in [1.29, 1.82) is 5.26 Å². The summed E-state index contributed by atoms with van der Waals surface area (Å²) in [5.41, 5.74) is 2.79. The van der Waals surface area contributed by atoms with Crippen molar-refractivity contribution in [2.24, 2.45) is 58.2 Å². The maximum absolute atomic E-state index is 13.3. The predicted molar refractivity (Wildman–Crippen MR) is 152 cm³/mol. The van der Waals surface area contributed by atoms with Crippen LogP contribution in [0.1, 0.15) is 116 Å². The monoisotopic (exact) mass is 501 g/mol. The van der Waals surface area contributed by atoms with Gasteiger partial charge in [0.05, 0.1) is 11.6 Å². The molecule has 0 N–H and O–H groups in total. The van der Waals surface area contributed by atoms with E-state index in [1.165, 1.54) is 63.4 Å². The lowest BCUT2D eigenvalue weighted by atomic mass is 9.43. The summed E-state index contributed by atoms with van der Waals surface area (Å²) in [4.78, 5) is 13.3. The van der Waals surface area contributed by atoms with E-state index < -0.39 is 0 Å². The van der Waals surface area contributed by atoms with Crippen molar-refractivity contribution < 1.29 is 4.79 Å². The SMILES string of the molecule is CC(C)CCC[C@@H](C)[C@H]1CC[C@H]2[C@@H]3CCC4[C@H](Cc5ccc(C#N)cc5)C(=O)CC[C@]4(C)[C@H]3CC[C@]12C. The van der Waals surface area contributed by atoms with Gasteiger partial charge in [-0.2, -0.15) is 5.26 Å². The number of nitrogens with zero attached hydrogens (tertiary/aromatic N) is 1. The van der Waals surface area contributed by atoms with E-state index in [2.05, 4.69) is 52.8 Å². The van der Waals surface area contributed by atoms with Crippen molar-refractivity contribution in [3.05, 3.63) is 35.4 Å². The molecular weight excluding hydrogens is 450 g/mol. The Morgan fingerprint density at radius 1 is 0.892 bits per heavy atom. The lowest BCUT2D eigenvalue weighted by Gasteiger charge is -2.62. The van der Waals surface area contributed by atoms with Crippen LogP contribution < -0.4 is 0 Å². The normalized spacial score (nSPS) is 40.0. The van der Waals surface area contributed by atoms with Crippen LogP contribution in [0.25, 0.3) is 0 Å². The van der Waals surface area contributed by atoms with Crippen LogP contribution in [0.5, 0.6) is 0 Å². The fraction of sp³-hybridized carbons (Fsp3) is 0.771. The van der Waals surface area contributed by atoms with E-state index in [0.29, 0.717) is 28.1 Å². The fourth-order valence-electron chi connectivity index (χ4n) is 10.6. The second kappa shape index (κ2) is 10.5. The predicted octanol–water partition coefficient (Wildman–Crippen LogP) is 9.02. The molecule has 202 valence electrons. The smallest absolute Gasteiger partial charge is 0.136 e. The highest BCUT2D eigenvalue weighted by Gasteiger charge is 2.61. The lowest BCUT2D eigenvalue weighted by Crippen LogP contribution is -2.56. The van der Waals surface area contributed by atoms with Gasteiger partial charge in [-0.15, -0.1) is 0 Å². The molecule has 0 amide bonds. The number of hydrogen-bond acceptors (Lipinski definition) is 2. The van der Waals surface area contributed by atoms with Crippen LogP contribution in [-0.2, 0) is 11.2 Å². The summed E-state index contributed by atoms with van der Waals surface area (Å²) < 4.78 is 0. The molecule has 0 saturated heterocycles. The van der Waals surface area contributed by atoms with E-state index in [0.717, 1.165) is 54.8 Å². The van der Waals surface area contributed by atoms with E-state index in [-0.39, 0.29) is 5.92 Å². The molecule has 4 aliphatic rings. The number of carbonyl (C=O) groups is 1. The molecule has 5 rings (SSSR count). The molecule has 0 bridgehead atoms. The van der Waals surface area contributed by atoms with Crippen molar-refractivity contribution in [3.8, 4) is 6.07 Å². The Labute approximate surface area is 227 Å². The van der Waals surface area contributed by atoms with Gasteiger partial charge in [0.25, 0.3) is 0 Å². The summed E-state index contributed by atoms with van der Waals surface area (Å²) in [6, 6.07) is 10.2. The molecule has 4 saturated carbocycles. The Balaban J connectivity index is 1.31. The van der Waals surface area contributed by atoms with Crippen molar-refractivity contribution in [2.45, 2.75) is 112 Å². The zero-order valence-corrected chi connectivity index (χ0v) is 24.3. The molecule has 0 aromatic heterocycles. The highest BCUT2D eigenvalue weighted by atomic mass is 16.1. The molecule has 2 nitrogen and oxygen atoms in total. The number of benzene rings is 1. The van der Waals surface area contributed by atoms with Gasteiger partial charge in [0.2, 0.25) is 0 Å². The molecule has 0 heterocycles. The topological polar surface area (TPSA) is 40.9 Å². The minimum atomic E-state index is 0.165. The van der Waals surface area contributed by atoms with Gasteiger partial charge in [-0.25, -0.2) is 0 Å². The Hall–Kier alpha value is -1.62. The van der Waals surface area contributed by atoms with Crippen LogP contribution in [0.4, 0.5) is 0 Å². The quantitative estimate of drug-likeness (QED) is 0.374. The Morgan fingerprint density at radius 3 is 2.30 bits per heavy atom. The average Bonchev–Trinajstić information content (AvgIpc) is 3.23. The Kier molecular flexibility index (Phi) is 7.66. The van der Waals surface area contributed by atoms with Gasteiger partial charge in [0.1, 0.15) is 5.78 Å². The van der Waals surface area contributed by atoms with E-state index in [9.17, 15) is 10.1 Å². The molecule has 0 aliphatic heterocycles. The van der Waals surface area contributed by atoms with Crippen molar-refractivity contribution >= 4 is 5.78 Å². The molecule has 2 heteroatoms. The third kappa shape index (κ3) is 4.83. The number of ketones is 1. The van der Waals surface area contributed by atoms with Crippen molar-refractivity contribution in [1.82, 2.24) is 0 Å². The zero-order chi connectivity index (χ0) is 26.4. The summed E-state index contributed by atoms with van der Waals surface area (Å²) in [5, 5.41) is 9.17. The van der Waals surface area contributed by atoms with E-state index in [4.69, 9.17) is 0 Å². The van der Waals surface area contributed by atoms with Gasteiger partial charge in [-0.05, 0) is 121 Å². The largest absolute Gasteiger partial charge is 0.299 e. The second-order valence-corrected chi connectivity index (χ2v) is 14.7. The van der Waals surface area contributed by atoms with Crippen LogP contribution in [0.2, 0.25) is 0 Å².